The molecule has 0 aromatic carbocycles. The zero-order valence-electron chi connectivity index (χ0n) is 13.3. The lowest BCUT2D eigenvalue weighted by molar-refractivity contribution is -0.108. The molecule has 1 aliphatic carbocycles. The number of carbonyl (C=O) groups excluding carboxylic acids is 1. The lowest BCUT2D eigenvalue weighted by Crippen LogP contribution is -2.66. The Labute approximate surface area is 133 Å². The van der Waals surface area contributed by atoms with Crippen LogP contribution < -0.4 is 5.32 Å². The van der Waals surface area contributed by atoms with Crippen molar-refractivity contribution in [3.63, 3.8) is 0 Å². The average Bonchev–Trinajstić information content (AvgIpc) is 3.14. The SMILES string of the molecule is Cc1nn(C)c2sc(C(=O)N[C@@H]3[C@H]4CCO[C@@H]4C3(C)C)cc12. The van der Waals surface area contributed by atoms with Crippen molar-refractivity contribution >= 4 is 27.5 Å². The van der Waals surface area contributed by atoms with Gasteiger partial charge in [-0.3, -0.25) is 9.48 Å². The fourth-order valence-corrected chi connectivity index (χ4v) is 5.17. The third-order valence-corrected chi connectivity index (χ3v) is 6.51. The fourth-order valence-electron chi connectivity index (χ4n) is 4.15. The summed E-state index contributed by atoms with van der Waals surface area (Å²) in [5.74, 6) is 0.501. The molecule has 5 nitrogen and oxygen atoms in total. The molecule has 4 rings (SSSR count). The van der Waals surface area contributed by atoms with Crippen molar-refractivity contribution in [3.05, 3.63) is 16.6 Å². The van der Waals surface area contributed by atoms with Crippen LogP contribution in [0.2, 0.25) is 0 Å². The Morgan fingerprint density at radius 1 is 1.55 bits per heavy atom. The first-order valence-corrected chi connectivity index (χ1v) is 8.57. The highest BCUT2D eigenvalue weighted by Gasteiger charge is 2.59. The van der Waals surface area contributed by atoms with E-state index in [1.54, 1.807) is 0 Å². The van der Waals surface area contributed by atoms with Gasteiger partial charge < -0.3 is 10.1 Å². The molecule has 2 aromatic heterocycles. The quantitative estimate of drug-likeness (QED) is 0.925. The normalized spacial score (nSPS) is 29.4. The van der Waals surface area contributed by atoms with Gasteiger partial charge in [0.2, 0.25) is 0 Å². The zero-order chi connectivity index (χ0) is 15.6. The predicted molar refractivity (Wildman–Crippen MR) is 86.2 cm³/mol. The topological polar surface area (TPSA) is 56.2 Å². The van der Waals surface area contributed by atoms with Gasteiger partial charge in [0.15, 0.2) is 0 Å². The minimum atomic E-state index is 0.0188. The largest absolute Gasteiger partial charge is 0.377 e. The summed E-state index contributed by atoms with van der Waals surface area (Å²) in [6, 6.07) is 2.17. The Bertz CT molecular complexity index is 726. The van der Waals surface area contributed by atoms with Gasteiger partial charge in [0.1, 0.15) is 4.83 Å². The molecule has 3 atom stereocenters. The van der Waals surface area contributed by atoms with Crippen molar-refractivity contribution < 1.29 is 9.53 Å². The van der Waals surface area contributed by atoms with E-state index in [9.17, 15) is 4.79 Å². The van der Waals surface area contributed by atoms with E-state index < -0.39 is 0 Å². The molecule has 1 aliphatic heterocycles. The molecule has 0 unspecified atom stereocenters. The van der Waals surface area contributed by atoms with Crippen molar-refractivity contribution in [1.29, 1.82) is 0 Å². The summed E-state index contributed by atoms with van der Waals surface area (Å²) >= 11 is 1.51. The minimum Gasteiger partial charge on any atom is -0.377 e. The van der Waals surface area contributed by atoms with Gasteiger partial charge in [-0.15, -0.1) is 11.3 Å². The molecular weight excluding hydrogens is 298 g/mol. The highest BCUT2D eigenvalue weighted by atomic mass is 32.1. The first-order valence-electron chi connectivity index (χ1n) is 7.75. The van der Waals surface area contributed by atoms with E-state index in [1.807, 2.05) is 24.7 Å². The Balaban J connectivity index is 1.57. The Hall–Kier alpha value is -1.40. The molecule has 1 saturated heterocycles. The van der Waals surface area contributed by atoms with Crippen molar-refractivity contribution in [2.75, 3.05) is 6.61 Å². The van der Waals surface area contributed by atoms with Crippen LogP contribution >= 0.6 is 11.3 Å². The van der Waals surface area contributed by atoms with E-state index in [2.05, 4.69) is 24.3 Å². The number of nitrogens with one attached hydrogen (secondary N) is 1. The summed E-state index contributed by atoms with van der Waals surface area (Å²) in [5, 5.41) is 8.71. The second kappa shape index (κ2) is 4.55. The number of rotatable bonds is 2. The van der Waals surface area contributed by atoms with E-state index in [0.717, 1.165) is 33.8 Å². The maximum atomic E-state index is 12.6. The van der Waals surface area contributed by atoms with E-state index in [0.29, 0.717) is 12.0 Å². The molecule has 22 heavy (non-hydrogen) atoms. The van der Waals surface area contributed by atoms with E-state index >= 15 is 0 Å². The first-order chi connectivity index (χ1) is 10.4. The van der Waals surface area contributed by atoms with Gasteiger partial charge in [-0.25, -0.2) is 0 Å². The van der Waals surface area contributed by atoms with Gasteiger partial charge in [0.25, 0.3) is 5.91 Å². The number of fused-ring (bicyclic) bond motifs is 2. The number of hydrogen-bond acceptors (Lipinski definition) is 4. The Morgan fingerprint density at radius 3 is 3.05 bits per heavy atom. The van der Waals surface area contributed by atoms with Crippen LogP contribution in [0.1, 0.15) is 35.6 Å². The van der Waals surface area contributed by atoms with Gasteiger partial charge >= 0.3 is 0 Å². The summed E-state index contributed by atoms with van der Waals surface area (Å²) < 4.78 is 7.64. The van der Waals surface area contributed by atoms with E-state index in [1.165, 1.54) is 11.3 Å². The monoisotopic (exact) mass is 319 g/mol. The number of aryl methyl sites for hydroxylation is 2. The van der Waals surface area contributed by atoms with E-state index in [4.69, 9.17) is 4.74 Å². The van der Waals surface area contributed by atoms with Gasteiger partial charge in [-0.2, -0.15) is 5.10 Å². The number of hydrogen-bond donors (Lipinski definition) is 1. The number of aromatic nitrogens is 2. The van der Waals surface area contributed by atoms with Gasteiger partial charge in [-0.05, 0) is 19.4 Å². The Kier molecular flexibility index (Phi) is 2.94. The third kappa shape index (κ3) is 1.80. The Morgan fingerprint density at radius 2 is 2.32 bits per heavy atom. The fraction of sp³-hybridized carbons (Fsp3) is 0.625. The summed E-state index contributed by atoms with van der Waals surface area (Å²) in [4.78, 5) is 14.5. The molecule has 6 heteroatoms. The van der Waals surface area contributed by atoms with Crippen LogP contribution in [-0.2, 0) is 11.8 Å². The van der Waals surface area contributed by atoms with Crippen molar-refractivity contribution in [2.45, 2.75) is 39.3 Å². The zero-order valence-corrected chi connectivity index (χ0v) is 14.2. The standard InChI is InChI=1S/C16H21N3O2S/c1-8-10-7-11(22-15(10)19(4)18-8)14(20)17-12-9-5-6-21-13(9)16(12,2)3/h7,9,12-13H,5-6H2,1-4H3,(H,17,20)/t9-,12-,13+/m1/s1. The summed E-state index contributed by atoms with van der Waals surface area (Å²) in [6.07, 6.45) is 1.35. The van der Waals surface area contributed by atoms with Crippen LogP contribution in [0.15, 0.2) is 6.07 Å². The maximum absolute atomic E-state index is 12.6. The highest BCUT2D eigenvalue weighted by molar-refractivity contribution is 7.20. The van der Waals surface area contributed by atoms with Gasteiger partial charge in [-0.1, -0.05) is 13.8 Å². The number of ether oxygens (including phenoxy) is 1. The van der Waals surface area contributed by atoms with Crippen molar-refractivity contribution in [2.24, 2.45) is 18.4 Å². The van der Waals surface area contributed by atoms with Crippen LogP contribution in [-0.4, -0.2) is 34.4 Å². The lowest BCUT2D eigenvalue weighted by Gasteiger charge is -2.54. The summed E-state index contributed by atoms with van der Waals surface area (Å²) in [6.45, 7) is 7.16. The molecule has 1 amide bonds. The number of carbonyl (C=O) groups is 1. The van der Waals surface area contributed by atoms with Crippen LogP contribution in [0.5, 0.6) is 0 Å². The molecule has 0 radical (unpaired) electrons. The molecule has 2 aliphatic rings. The molecule has 0 bridgehead atoms. The van der Waals surface area contributed by atoms with Crippen LogP contribution in [0.3, 0.4) is 0 Å². The van der Waals surface area contributed by atoms with Gasteiger partial charge in [0.05, 0.1) is 16.7 Å². The van der Waals surface area contributed by atoms with Crippen LogP contribution in [0.4, 0.5) is 0 Å². The number of nitrogens with zero attached hydrogens (tertiary/aromatic N) is 2. The van der Waals surface area contributed by atoms with Crippen molar-refractivity contribution in [3.8, 4) is 0 Å². The predicted octanol–water partition coefficient (Wildman–Crippen LogP) is 2.49. The average molecular weight is 319 g/mol. The molecule has 0 spiro atoms. The second-order valence-electron chi connectivity index (χ2n) is 7.05. The minimum absolute atomic E-state index is 0.0188. The lowest BCUT2D eigenvalue weighted by atomic mass is 9.57. The smallest absolute Gasteiger partial charge is 0.261 e. The molecule has 3 heterocycles. The molecule has 2 aromatic rings. The maximum Gasteiger partial charge on any atom is 0.261 e. The van der Waals surface area contributed by atoms with Crippen molar-refractivity contribution in [1.82, 2.24) is 15.1 Å². The number of amides is 1. The molecule has 1 N–H and O–H groups in total. The van der Waals surface area contributed by atoms with Gasteiger partial charge in [0, 0.05) is 36.4 Å². The molecule has 2 fully saturated rings. The number of thiophene rings is 1. The van der Waals surface area contributed by atoms with E-state index in [-0.39, 0.29) is 17.4 Å². The first kappa shape index (κ1) is 14.2. The molecule has 118 valence electrons. The highest BCUT2D eigenvalue weighted by Crippen LogP contribution is 2.52. The van der Waals surface area contributed by atoms with Crippen LogP contribution in [0, 0.1) is 18.3 Å². The molecular formula is C16H21N3O2S. The third-order valence-electron chi connectivity index (χ3n) is 5.31. The van der Waals surface area contributed by atoms with Crippen LogP contribution in [0.25, 0.3) is 10.2 Å². The second-order valence-corrected chi connectivity index (χ2v) is 8.09. The summed E-state index contributed by atoms with van der Waals surface area (Å²) in [5.41, 5.74) is 0.992. The molecule has 1 saturated carbocycles. The summed E-state index contributed by atoms with van der Waals surface area (Å²) in [7, 11) is 1.92.